The van der Waals surface area contributed by atoms with Crippen LogP contribution in [0.3, 0.4) is 0 Å². The second-order valence-electron chi connectivity index (χ2n) is 8.53. The SMILES string of the molecule is Cl.O=C(O)C([C@@H]1CNCCO[C@H]1c1ccc(Cl)c(Cl)c1)[C@@H]1CNCCO[C@H]1c1ccc(Cl)c(Cl)c1. The van der Waals surface area contributed by atoms with Crippen molar-refractivity contribution in [3.05, 3.63) is 67.6 Å². The van der Waals surface area contributed by atoms with Crippen molar-refractivity contribution in [2.45, 2.75) is 12.2 Å². The van der Waals surface area contributed by atoms with E-state index in [-0.39, 0.29) is 12.4 Å². The minimum atomic E-state index is -0.912. The number of hydrogen-bond donors (Lipinski definition) is 3. The van der Waals surface area contributed by atoms with Crippen molar-refractivity contribution in [2.24, 2.45) is 17.8 Å². The molecule has 2 saturated heterocycles. The quantitative estimate of drug-likeness (QED) is 0.420. The molecule has 2 aromatic rings. The molecule has 0 unspecified atom stereocenters. The van der Waals surface area contributed by atoms with Gasteiger partial charge in [-0.2, -0.15) is 0 Å². The van der Waals surface area contributed by atoms with Crippen molar-refractivity contribution in [3.8, 4) is 0 Å². The summed E-state index contributed by atoms with van der Waals surface area (Å²) in [6.07, 6.45) is -0.966. The number of nitrogens with one attached hydrogen (secondary N) is 2. The molecule has 0 bridgehead atoms. The molecule has 0 amide bonds. The van der Waals surface area contributed by atoms with Crippen molar-refractivity contribution in [2.75, 3.05) is 39.4 Å². The Morgan fingerprint density at radius 2 is 1.23 bits per heavy atom. The first-order valence-electron chi connectivity index (χ1n) is 11.1. The van der Waals surface area contributed by atoms with Gasteiger partial charge in [0.25, 0.3) is 0 Å². The van der Waals surface area contributed by atoms with Gasteiger partial charge in [-0.25, -0.2) is 0 Å². The number of carboxylic acid groups (broad SMARTS) is 1. The van der Waals surface area contributed by atoms with Crippen LogP contribution in [0.1, 0.15) is 23.3 Å². The van der Waals surface area contributed by atoms with E-state index < -0.39 is 35.9 Å². The van der Waals surface area contributed by atoms with Gasteiger partial charge in [0.15, 0.2) is 0 Å². The van der Waals surface area contributed by atoms with Gasteiger partial charge in [-0.05, 0) is 35.4 Å². The van der Waals surface area contributed by atoms with E-state index in [0.29, 0.717) is 59.5 Å². The Morgan fingerprint density at radius 1 is 0.800 bits per heavy atom. The lowest BCUT2D eigenvalue weighted by Gasteiger charge is -2.37. The summed E-state index contributed by atoms with van der Waals surface area (Å²) in [5, 5.41) is 18.9. The first-order valence-corrected chi connectivity index (χ1v) is 12.7. The van der Waals surface area contributed by atoms with Crippen LogP contribution in [0.15, 0.2) is 36.4 Å². The molecular formula is C24H27Cl5N2O4. The number of hydrogen-bond acceptors (Lipinski definition) is 5. The van der Waals surface area contributed by atoms with Crippen LogP contribution in [0.2, 0.25) is 20.1 Å². The van der Waals surface area contributed by atoms with E-state index in [1.54, 1.807) is 24.3 Å². The maximum absolute atomic E-state index is 12.9. The van der Waals surface area contributed by atoms with E-state index in [1.807, 2.05) is 12.1 Å². The number of ether oxygens (including phenoxy) is 2. The average Bonchev–Trinajstić information content (AvgIpc) is 3.19. The topological polar surface area (TPSA) is 79.8 Å². The summed E-state index contributed by atoms with van der Waals surface area (Å²) in [7, 11) is 0. The van der Waals surface area contributed by atoms with Crippen molar-refractivity contribution >= 4 is 64.8 Å². The molecule has 2 aromatic carbocycles. The van der Waals surface area contributed by atoms with Gasteiger partial charge in [-0.3, -0.25) is 4.79 Å². The minimum absolute atomic E-state index is 0. The van der Waals surface area contributed by atoms with Crippen LogP contribution in [0.4, 0.5) is 0 Å². The minimum Gasteiger partial charge on any atom is -0.481 e. The van der Waals surface area contributed by atoms with Gasteiger partial charge >= 0.3 is 5.97 Å². The van der Waals surface area contributed by atoms with Crippen molar-refractivity contribution in [1.29, 1.82) is 0 Å². The molecule has 4 atom stereocenters. The van der Waals surface area contributed by atoms with Gasteiger partial charge in [0.05, 0.1) is 51.4 Å². The van der Waals surface area contributed by atoms with E-state index in [2.05, 4.69) is 10.6 Å². The van der Waals surface area contributed by atoms with Crippen LogP contribution in [-0.4, -0.2) is 50.5 Å². The van der Waals surface area contributed by atoms with Gasteiger partial charge in [-0.15, -0.1) is 12.4 Å². The fourth-order valence-electron chi connectivity index (χ4n) is 4.89. The molecule has 11 heteroatoms. The molecule has 0 spiro atoms. The van der Waals surface area contributed by atoms with Gasteiger partial charge in [-0.1, -0.05) is 58.5 Å². The van der Waals surface area contributed by atoms with Crippen LogP contribution in [0.25, 0.3) is 0 Å². The van der Waals surface area contributed by atoms with E-state index in [9.17, 15) is 9.90 Å². The van der Waals surface area contributed by atoms with E-state index in [4.69, 9.17) is 55.9 Å². The molecule has 0 aliphatic carbocycles. The average molecular weight is 585 g/mol. The number of carboxylic acids is 1. The zero-order chi connectivity index (χ0) is 24.2. The molecule has 0 saturated carbocycles. The van der Waals surface area contributed by atoms with Crippen LogP contribution >= 0.6 is 58.8 Å². The van der Waals surface area contributed by atoms with Crippen LogP contribution in [0.5, 0.6) is 0 Å². The van der Waals surface area contributed by atoms with Crippen LogP contribution in [0, 0.1) is 17.8 Å². The second-order valence-corrected chi connectivity index (χ2v) is 10.2. The maximum Gasteiger partial charge on any atom is 0.307 e. The molecule has 2 heterocycles. The predicted molar refractivity (Wildman–Crippen MR) is 141 cm³/mol. The lowest BCUT2D eigenvalue weighted by atomic mass is 9.73. The van der Waals surface area contributed by atoms with Crippen molar-refractivity contribution in [3.63, 3.8) is 0 Å². The van der Waals surface area contributed by atoms with Gasteiger partial charge in [0, 0.05) is 38.0 Å². The molecule has 2 aliphatic rings. The van der Waals surface area contributed by atoms with Crippen LogP contribution < -0.4 is 10.6 Å². The van der Waals surface area contributed by atoms with Crippen LogP contribution in [-0.2, 0) is 14.3 Å². The Bertz CT molecular complexity index is 954. The van der Waals surface area contributed by atoms with Gasteiger partial charge < -0.3 is 25.2 Å². The monoisotopic (exact) mass is 582 g/mol. The lowest BCUT2D eigenvalue weighted by Crippen LogP contribution is -2.44. The molecule has 4 rings (SSSR count). The number of halogens is 5. The zero-order valence-electron chi connectivity index (χ0n) is 18.7. The molecule has 2 aliphatic heterocycles. The third-order valence-corrected chi connectivity index (χ3v) is 7.92. The standard InChI is InChI=1S/C24H26Cl4N2O4.ClH/c25-17-3-1-13(9-19(17)27)22-15(11-29-5-7-33-22)21(24(31)32)16-12-30-6-8-34-23(16)14-2-4-18(26)20(28)10-14;/h1-4,9-10,15-16,21-23,29-30H,5-8,11-12H2,(H,31,32);1H/t15-,16-,22-,23-;/m0./s1. The Kier molecular flexibility index (Phi) is 10.8. The van der Waals surface area contributed by atoms with E-state index in [0.717, 1.165) is 11.1 Å². The Morgan fingerprint density at radius 3 is 1.60 bits per heavy atom. The third kappa shape index (κ3) is 6.75. The molecular weight excluding hydrogens is 558 g/mol. The van der Waals surface area contributed by atoms with E-state index in [1.165, 1.54) is 0 Å². The van der Waals surface area contributed by atoms with Gasteiger partial charge in [0.2, 0.25) is 0 Å². The number of carbonyl (C=O) groups is 1. The van der Waals surface area contributed by atoms with Crippen molar-refractivity contribution < 1.29 is 19.4 Å². The first-order chi connectivity index (χ1) is 16.4. The Labute approximate surface area is 231 Å². The summed E-state index contributed by atoms with van der Waals surface area (Å²) in [5.74, 6) is -2.49. The summed E-state index contributed by atoms with van der Waals surface area (Å²) in [4.78, 5) is 12.9. The first kappa shape index (κ1) is 28.8. The highest BCUT2D eigenvalue weighted by Gasteiger charge is 2.45. The molecule has 2 fully saturated rings. The molecule has 0 radical (unpaired) electrons. The molecule has 6 nitrogen and oxygen atoms in total. The lowest BCUT2D eigenvalue weighted by molar-refractivity contribution is -0.152. The van der Waals surface area contributed by atoms with Gasteiger partial charge in [0.1, 0.15) is 0 Å². The van der Waals surface area contributed by atoms with Crippen molar-refractivity contribution in [1.82, 2.24) is 10.6 Å². The number of benzene rings is 2. The molecule has 35 heavy (non-hydrogen) atoms. The summed E-state index contributed by atoms with van der Waals surface area (Å²) in [6.45, 7) is 3.07. The molecule has 192 valence electrons. The zero-order valence-corrected chi connectivity index (χ0v) is 22.5. The summed E-state index contributed by atoms with van der Waals surface area (Å²) in [5.41, 5.74) is 1.59. The normalized spacial score (nSPS) is 25.4. The smallest absolute Gasteiger partial charge is 0.307 e. The fraction of sp³-hybridized carbons (Fsp3) is 0.458. The molecule has 3 N–H and O–H groups in total. The van der Waals surface area contributed by atoms with E-state index >= 15 is 0 Å². The second kappa shape index (κ2) is 13.1. The Balaban J connectivity index is 0.00000342. The third-order valence-electron chi connectivity index (χ3n) is 6.44. The maximum atomic E-state index is 12.9. The summed E-state index contributed by atoms with van der Waals surface area (Å²) < 4.78 is 12.4. The number of aliphatic carboxylic acids is 1. The highest BCUT2D eigenvalue weighted by molar-refractivity contribution is 6.42. The largest absolute Gasteiger partial charge is 0.481 e. The highest BCUT2D eigenvalue weighted by atomic mass is 35.5. The fourth-order valence-corrected chi connectivity index (χ4v) is 5.51. The number of rotatable bonds is 5. The summed E-state index contributed by atoms with van der Waals surface area (Å²) in [6, 6.07) is 10.6. The molecule has 0 aromatic heterocycles. The predicted octanol–water partition coefficient (Wildman–Crippen LogP) is 5.68. The Hall–Kier alpha value is -0.800. The highest BCUT2D eigenvalue weighted by Crippen LogP contribution is 2.43. The summed E-state index contributed by atoms with van der Waals surface area (Å²) >= 11 is 24.8.